The number of nitrogens with one attached hydrogen (secondary N) is 1. The van der Waals surface area contributed by atoms with Gasteiger partial charge in [0.1, 0.15) is 5.82 Å². The van der Waals surface area contributed by atoms with E-state index in [-0.39, 0.29) is 17.4 Å². The Morgan fingerprint density at radius 2 is 2.15 bits per heavy atom. The molecule has 3 aromatic rings. The van der Waals surface area contributed by atoms with Crippen LogP contribution in [0.1, 0.15) is 21.7 Å². The van der Waals surface area contributed by atoms with Crippen molar-refractivity contribution in [3.05, 3.63) is 65.8 Å². The van der Waals surface area contributed by atoms with Crippen molar-refractivity contribution in [2.45, 2.75) is 25.5 Å². The van der Waals surface area contributed by atoms with Crippen molar-refractivity contribution in [2.75, 3.05) is 5.75 Å². The number of aromatic nitrogens is 4. The van der Waals surface area contributed by atoms with Crippen LogP contribution in [0, 0.1) is 19.7 Å². The molecule has 0 aliphatic rings. The molecule has 0 aliphatic heterocycles. The van der Waals surface area contributed by atoms with Crippen molar-refractivity contribution in [3.63, 3.8) is 0 Å². The zero-order valence-electron chi connectivity index (χ0n) is 14.6. The summed E-state index contributed by atoms with van der Waals surface area (Å²) in [5.74, 6) is 0.205. The molecule has 0 spiro atoms. The van der Waals surface area contributed by atoms with Gasteiger partial charge in [0.25, 0.3) is 0 Å². The van der Waals surface area contributed by atoms with Gasteiger partial charge in [-0.3, -0.25) is 9.89 Å². The molecule has 5 nitrogen and oxygen atoms in total. The number of hydrogen-bond acceptors (Lipinski definition) is 4. The molecule has 2 heterocycles. The summed E-state index contributed by atoms with van der Waals surface area (Å²) in [6, 6.07) is 8.24. The Hall–Kier alpha value is -2.67. The quantitative estimate of drug-likeness (QED) is 0.385. The number of carbonyl (C=O) groups is 1. The molecule has 0 fully saturated rings. The lowest BCUT2D eigenvalue weighted by molar-refractivity contribution is 0.102. The van der Waals surface area contributed by atoms with E-state index in [1.807, 2.05) is 24.5 Å². The highest BCUT2D eigenvalue weighted by Crippen LogP contribution is 2.23. The number of ketones is 1. The Morgan fingerprint density at radius 1 is 1.38 bits per heavy atom. The molecule has 0 amide bonds. The molecule has 3 rings (SSSR count). The number of benzene rings is 1. The highest BCUT2D eigenvalue weighted by molar-refractivity contribution is 7.99. The number of nitrogens with zero attached hydrogens (tertiary/aromatic N) is 3. The van der Waals surface area contributed by atoms with Crippen molar-refractivity contribution in [2.24, 2.45) is 0 Å². The van der Waals surface area contributed by atoms with E-state index >= 15 is 0 Å². The number of hydrogen-bond donors (Lipinski definition) is 1. The summed E-state index contributed by atoms with van der Waals surface area (Å²) in [4.78, 5) is 16.8. The largest absolute Gasteiger partial charge is 0.345 e. The van der Waals surface area contributed by atoms with Gasteiger partial charge >= 0.3 is 0 Å². The molecule has 0 aliphatic carbocycles. The van der Waals surface area contributed by atoms with Crippen LogP contribution in [-0.2, 0) is 6.54 Å². The summed E-state index contributed by atoms with van der Waals surface area (Å²) in [5, 5.41) is 7.20. The standard InChI is InChI=1S/C19H19FN4OS/c1-4-9-24-12(2)10-15(13(24)3)17(25)11-26-19-21-18(22-23-19)14-7-5-6-8-16(14)20/h4-8,10H,1,9,11H2,2-3H3,(H,21,22,23). The fourth-order valence-electron chi connectivity index (χ4n) is 2.79. The first-order chi connectivity index (χ1) is 12.5. The molecule has 7 heteroatoms. The Kier molecular flexibility index (Phi) is 5.37. The summed E-state index contributed by atoms with van der Waals surface area (Å²) in [5.41, 5.74) is 3.00. The number of Topliss-reactive ketones (excluding diaryl/α,β-unsaturated/α-hetero) is 1. The number of rotatable bonds is 7. The fraction of sp³-hybridized carbons (Fsp3) is 0.211. The number of halogens is 1. The summed E-state index contributed by atoms with van der Waals surface area (Å²) >= 11 is 1.23. The van der Waals surface area contributed by atoms with E-state index < -0.39 is 0 Å². The predicted molar refractivity (Wildman–Crippen MR) is 101 cm³/mol. The fourth-order valence-corrected chi connectivity index (χ4v) is 3.47. The second-order valence-electron chi connectivity index (χ2n) is 5.84. The minimum atomic E-state index is -0.370. The summed E-state index contributed by atoms with van der Waals surface area (Å²) in [6.07, 6.45) is 1.81. The molecule has 0 radical (unpaired) electrons. The van der Waals surface area contributed by atoms with Crippen LogP contribution in [0.25, 0.3) is 11.4 Å². The van der Waals surface area contributed by atoms with Gasteiger partial charge in [-0.2, -0.15) is 0 Å². The van der Waals surface area contributed by atoms with Gasteiger partial charge in [-0.25, -0.2) is 9.37 Å². The summed E-state index contributed by atoms with van der Waals surface area (Å²) < 4.78 is 15.9. The van der Waals surface area contributed by atoms with Gasteiger partial charge < -0.3 is 4.57 Å². The summed E-state index contributed by atoms with van der Waals surface area (Å²) in [6.45, 7) is 8.31. The Bertz CT molecular complexity index is 960. The van der Waals surface area contributed by atoms with Gasteiger partial charge in [0.15, 0.2) is 11.6 Å². The smallest absolute Gasteiger partial charge is 0.209 e. The van der Waals surface area contributed by atoms with Crippen molar-refractivity contribution in [1.29, 1.82) is 0 Å². The van der Waals surface area contributed by atoms with Crippen LogP contribution in [0.2, 0.25) is 0 Å². The van der Waals surface area contributed by atoms with Gasteiger partial charge in [-0.15, -0.1) is 11.7 Å². The van der Waals surface area contributed by atoms with Gasteiger partial charge in [-0.1, -0.05) is 30.0 Å². The molecule has 0 saturated carbocycles. The number of aryl methyl sites for hydroxylation is 1. The van der Waals surface area contributed by atoms with Crippen molar-refractivity contribution >= 4 is 17.5 Å². The maximum absolute atomic E-state index is 13.8. The normalized spacial score (nSPS) is 10.9. The lowest BCUT2D eigenvalue weighted by Crippen LogP contribution is -2.06. The first-order valence-electron chi connectivity index (χ1n) is 8.12. The first-order valence-corrected chi connectivity index (χ1v) is 9.10. The molecule has 1 N–H and O–H groups in total. The molecule has 0 unspecified atom stereocenters. The third-order valence-electron chi connectivity index (χ3n) is 4.11. The molecule has 26 heavy (non-hydrogen) atoms. The lowest BCUT2D eigenvalue weighted by atomic mass is 10.2. The zero-order valence-corrected chi connectivity index (χ0v) is 15.4. The third kappa shape index (κ3) is 3.62. The third-order valence-corrected chi connectivity index (χ3v) is 4.96. The number of thioether (sulfide) groups is 1. The minimum Gasteiger partial charge on any atom is -0.345 e. The first kappa shape index (κ1) is 18.1. The Morgan fingerprint density at radius 3 is 2.88 bits per heavy atom. The van der Waals surface area contributed by atoms with Gasteiger partial charge in [0, 0.05) is 23.5 Å². The average Bonchev–Trinajstić information content (AvgIpc) is 3.20. The van der Waals surface area contributed by atoms with Gasteiger partial charge in [0.2, 0.25) is 5.16 Å². The van der Waals surface area contributed by atoms with E-state index in [2.05, 4.69) is 21.8 Å². The second-order valence-corrected chi connectivity index (χ2v) is 6.78. The minimum absolute atomic E-state index is 0.00986. The van der Waals surface area contributed by atoms with Crippen LogP contribution < -0.4 is 0 Å². The zero-order chi connectivity index (χ0) is 18.7. The Labute approximate surface area is 155 Å². The van der Waals surface area contributed by atoms with Crippen molar-refractivity contribution in [1.82, 2.24) is 19.7 Å². The van der Waals surface area contributed by atoms with E-state index in [1.165, 1.54) is 17.8 Å². The number of carbonyl (C=O) groups excluding carboxylic acids is 1. The SMILES string of the molecule is C=CCn1c(C)cc(C(=O)CSc2n[nH]c(-c3ccccc3F)n2)c1C. The van der Waals surface area contributed by atoms with Crippen LogP contribution in [0.5, 0.6) is 0 Å². The highest BCUT2D eigenvalue weighted by Gasteiger charge is 2.17. The number of aromatic amines is 1. The number of H-pyrrole nitrogens is 1. The number of allylic oxidation sites excluding steroid dienone is 1. The van der Waals surface area contributed by atoms with E-state index in [0.717, 1.165) is 11.4 Å². The molecule has 2 aromatic heterocycles. The van der Waals surface area contributed by atoms with Crippen molar-refractivity contribution < 1.29 is 9.18 Å². The average molecular weight is 370 g/mol. The van der Waals surface area contributed by atoms with Crippen LogP contribution in [0.15, 0.2) is 48.1 Å². The molecule has 134 valence electrons. The van der Waals surface area contributed by atoms with E-state index in [1.54, 1.807) is 24.3 Å². The van der Waals surface area contributed by atoms with Gasteiger partial charge in [-0.05, 0) is 32.0 Å². The van der Waals surface area contributed by atoms with E-state index in [9.17, 15) is 9.18 Å². The molecule has 0 bridgehead atoms. The Balaban J connectivity index is 1.70. The maximum atomic E-state index is 13.8. The van der Waals surface area contributed by atoms with E-state index in [0.29, 0.717) is 28.7 Å². The van der Waals surface area contributed by atoms with Gasteiger partial charge in [0.05, 0.1) is 11.3 Å². The summed E-state index contributed by atoms with van der Waals surface area (Å²) in [7, 11) is 0. The van der Waals surface area contributed by atoms with Crippen LogP contribution in [0.3, 0.4) is 0 Å². The highest BCUT2D eigenvalue weighted by atomic mass is 32.2. The molecular formula is C19H19FN4OS. The monoisotopic (exact) mass is 370 g/mol. The predicted octanol–water partition coefficient (Wildman–Crippen LogP) is 4.19. The molecule has 0 atom stereocenters. The molecule has 1 aromatic carbocycles. The second kappa shape index (κ2) is 7.70. The van der Waals surface area contributed by atoms with E-state index in [4.69, 9.17) is 0 Å². The van der Waals surface area contributed by atoms with Crippen LogP contribution in [0.4, 0.5) is 4.39 Å². The van der Waals surface area contributed by atoms with Crippen molar-refractivity contribution in [3.8, 4) is 11.4 Å². The van der Waals surface area contributed by atoms with Crippen LogP contribution >= 0.6 is 11.8 Å². The maximum Gasteiger partial charge on any atom is 0.209 e. The molecular weight excluding hydrogens is 351 g/mol. The molecule has 0 saturated heterocycles. The lowest BCUT2D eigenvalue weighted by Gasteiger charge is -2.05. The topological polar surface area (TPSA) is 63.6 Å². The van der Waals surface area contributed by atoms with Crippen LogP contribution in [-0.4, -0.2) is 31.3 Å².